The summed E-state index contributed by atoms with van der Waals surface area (Å²) in [6.45, 7) is 1.85. The number of rotatable bonds is 0. The fraction of sp³-hybridized carbons (Fsp3) is 0.500. The summed E-state index contributed by atoms with van der Waals surface area (Å²) in [5.74, 6) is 0.726. The fourth-order valence-corrected chi connectivity index (χ4v) is 2.30. The van der Waals surface area contributed by atoms with Crippen LogP contribution in [0, 0.1) is 6.92 Å². The second-order valence-electron chi connectivity index (χ2n) is 3.98. The number of aromatic nitrogens is 4. The summed E-state index contributed by atoms with van der Waals surface area (Å²) in [7, 11) is 0. The minimum atomic E-state index is -0.191. The lowest BCUT2D eigenvalue weighted by molar-refractivity contribution is 0.659. The Labute approximate surface area is 86.2 Å². The van der Waals surface area contributed by atoms with Crippen LogP contribution in [0.3, 0.4) is 0 Å². The summed E-state index contributed by atoms with van der Waals surface area (Å²) < 4.78 is 1.56. The molecule has 0 amide bonds. The lowest BCUT2D eigenvalue weighted by Gasteiger charge is -2.15. The topological polar surface area (TPSA) is 63.0 Å². The van der Waals surface area contributed by atoms with Gasteiger partial charge in [-0.3, -0.25) is 0 Å². The summed E-state index contributed by atoms with van der Waals surface area (Å²) in [5, 5.41) is 6.56. The first kappa shape index (κ1) is 8.64. The summed E-state index contributed by atoms with van der Waals surface area (Å²) >= 11 is 0. The van der Waals surface area contributed by atoms with Crippen molar-refractivity contribution in [2.45, 2.75) is 32.6 Å². The van der Waals surface area contributed by atoms with Crippen LogP contribution in [0.15, 0.2) is 4.79 Å². The zero-order valence-corrected chi connectivity index (χ0v) is 8.58. The summed E-state index contributed by atoms with van der Waals surface area (Å²) in [6.07, 6.45) is 4.34. The van der Waals surface area contributed by atoms with Crippen LogP contribution in [0.25, 0.3) is 5.65 Å². The number of H-pyrrole nitrogens is 1. The van der Waals surface area contributed by atoms with Crippen LogP contribution < -0.4 is 5.69 Å². The SMILES string of the molecule is Cc1nc2c(c3n[nH]c(=O)n13)CCCC2. The van der Waals surface area contributed by atoms with Gasteiger partial charge in [-0.1, -0.05) is 0 Å². The van der Waals surface area contributed by atoms with Crippen molar-refractivity contribution in [2.24, 2.45) is 0 Å². The third-order valence-corrected chi connectivity index (χ3v) is 3.00. The molecule has 5 heteroatoms. The largest absolute Gasteiger partial charge is 0.349 e. The Balaban J connectivity index is 2.45. The van der Waals surface area contributed by atoms with E-state index in [2.05, 4.69) is 15.2 Å². The number of hydrogen-bond acceptors (Lipinski definition) is 3. The van der Waals surface area contributed by atoms with Gasteiger partial charge in [0.15, 0.2) is 5.65 Å². The molecular formula is C10H12N4O. The highest BCUT2D eigenvalue weighted by Crippen LogP contribution is 2.22. The first-order chi connectivity index (χ1) is 7.27. The normalized spacial score (nSPS) is 15.5. The number of fused-ring (bicyclic) bond motifs is 3. The Bertz CT molecular complexity index is 581. The molecule has 3 rings (SSSR count). The van der Waals surface area contributed by atoms with Crippen LogP contribution in [0.1, 0.15) is 29.9 Å². The molecule has 0 bridgehead atoms. The molecule has 0 fully saturated rings. The van der Waals surface area contributed by atoms with Gasteiger partial charge in [0, 0.05) is 11.3 Å². The van der Waals surface area contributed by atoms with E-state index < -0.39 is 0 Å². The number of hydrogen-bond donors (Lipinski definition) is 1. The minimum Gasteiger partial charge on any atom is -0.246 e. The third-order valence-electron chi connectivity index (χ3n) is 3.00. The molecule has 2 aromatic heterocycles. The van der Waals surface area contributed by atoms with Crippen molar-refractivity contribution < 1.29 is 0 Å². The van der Waals surface area contributed by atoms with E-state index in [0.717, 1.165) is 42.0 Å². The Kier molecular flexibility index (Phi) is 1.68. The lowest BCUT2D eigenvalue weighted by Crippen LogP contribution is -2.17. The van der Waals surface area contributed by atoms with Crippen LogP contribution in [0.5, 0.6) is 0 Å². The second-order valence-corrected chi connectivity index (χ2v) is 3.98. The van der Waals surface area contributed by atoms with Gasteiger partial charge in [0.1, 0.15) is 5.82 Å². The number of aromatic amines is 1. The van der Waals surface area contributed by atoms with E-state index in [1.165, 1.54) is 6.42 Å². The molecule has 2 aromatic rings. The van der Waals surface area contributed by atoms with Gasteiger partial charge in [0.05, 0.1) is 0 Å². The summed E-state index contributed by atoms with van der Waals surface area (Å²) in [5.41, 5.74) is 2.83. The van der Waals surface area contributed by atoms with E-state index in [9.17, 15) is 4.79 Å². The molecule has 0 spiro atoms. The van der Waals surface area contributed by atoms with E-state index in [4.69, 9.17) is 0 Å². The number of nitrogens with one attached hydrogen (secondary N) is 1. The van der Waals surface area contributed by atoms with Gasteiger partial charge in [-0.15, -0.1) is 0 Å². The first-order valence-electron chi connectivity index (χ1n) is 5.23. The van der Waals surface area contributed by atoms with Crippen LogP contribution in [0.2, 0.25) is 0 Å². The standard InChI is InChI=1S/C10H12N4O/c1-6-11-8-5-3-2-4-7(8)9-12-13-10(15)14(6)9/h2-5H2,1H3,(H,13,15). The van der Waals surface area contributed by atoms with E-state index in [1.54, 1.807) is 4.40 Å². The first-order valence-corrected chi connectivity index (χ1v) is 5.23. The van der Waals surface area contributed by atoms with Crippen molar-refractivity contribution in [3.8, 4) is 0 Å². The summed E-state index contributed by atoms with van der Waals surface area (Å²) in [4.78, 5) is 16.0. The molecule has 0 aromatic carbocycles. The Morgan fingerprint density at radius 2 is 2.13 bits per heavy atom. The van der Waals surface area contributed by atoms with E-state index in [-0.39, 0.29) is 5.69 Å². The van der Waals surface area contributed by atoms with Crippen molar-refractivity contribution >= 4 is 5.65 Å². The molecule has 1 N–H and O–H groups in total. The molecule has 0 radical (unpaired) electrons. The fourth-order valence-electron chi connectivity index (χ4n) is 2.30. The van der Waals surface area contributed by atoms with Gasteiger partial charge < -0.3 is 0 Å². The van der Waals surface area contributed by atoms with E-state index in [1.807, 2.05) is 6.92 Å². The van der Waals surface area contributed by atoms with Crippen molar-refractivity contribution in [3.63, 3.8) is 0 Å². The van der Waals surface area contributed by atoms with Crippen LogP contribution in [0.4, 0.5) is 0 Å². The molecule has 2 heterocycles. The predicted molar refractivity (Wildman–Crippen MR) is 55.0 cm³/mol. The van der Waals surface area contributed by atoms with Gasteiger partial charge in [-0.2, -0.15) is 5.10 Å². The third kappa shape index (κ3) is 1.12. The summed E-state index contributed by atoms with van der Waals surface area (Å²) in [6, 6.07) is 0. The maximum atomic E-state index is 11.5. The number of aryl methyl sites for hydroxylation is 3. The lowest BCUT2D eigenvalue weighted by atomic mass is 9.97. The molecule has 0 atom stereocenters. The maximum Gasteiger partial charge on any atom is 0.349 e. The average Bonchev–Trinajstić information content (AvgIpc) is 2.62. The highest BCUT2D eigenvalue weighted by molar-refractivity contribution is 5.50. The maximum absolute atomic E-state index is 11.5. The Morgan fingerprint density at radius 3 is 3.00 bits per heavy atom. The minimum absolute atomic E-state index is 0.191. The second kappa shape index (κ2) is 2.92. The van der Waals surface area contributed by atoms with Gasteiger partial charge >= 0.3 is 5.69 Å². The highest BCUT2D eigenvalue weighted by Gasteiger charge is 2.18. The molecule has 1 aliphatic carbocycles. The van der Waals surface area contributed by atoms with Crippen molar-refractivity contribution in [3.05, 3.63) is 27.6 Å². The quantitative estimate of drug-likeness (QED) is 0.683. The highest BCUT2D eigenvalue weighted by atomic mass is 16.1. The van der Waals surface area contributed by atoms with Gasteiger partial charge in [-0.05, 0) is 32.6 Å². The molecule has 5 nitrogen and oxygen atoms in total. The van der Waals surface area contributed by atoms with Crippen molar-refractivity contribution in [1.82, 2.24) is 19.6 Å². The predicted octanol–water partition coefficient (Wildman–Crippen LogP) is 0.605. The number of nitrogens with zero attached hydrogens (tertiary/aromatic N) is 3. The van der Waals surface area contributed by atoms with Crippen LogP contribution >= 0.6 is 0 Å². The molecule has 15 heavy (non-hydrogen) atoms. The molecule has 78 valence electrons. The Hall–Kier alpha value is -1.65. The zero-order chi connectivity index (χ0) is 10.4. The average molecular weight is 204 g/mol. The van der Waals surface area contributed by atoms with Crippen molar-refractivity contribution in [2.75, 3.05) is 0 Å². The van der Waals surface area contributed by atoms with Gasteiger partial charge in [-0.25, -0.2) is 19.3 Å². The Morgan fingerprint density at radius 1 is 1.33 bits per heavy atom. The van der Waals surface area contributed by atoms with Gasteiger partial charge in [0.25, 0.3) is 0 Å². The van der Waals surface area contributed by atoms with Gasteiger partial charge in [0.2, 0.25) is 0 Å². The molecule has 0 unspecified atom stereocenters. The molecule has 1 aliphatic rings. The monoisotopic (exact) mass is 204 g/mol. The van der Waals surface area contributed by atoms with Crippen molar-refractivity contribution in [1.29, 1.82) is 0 Å². The van der Waals surface area contributed by atoms with E-state index >= 15 is 0 Å². The van der Waals surface area contributed by atoms with Crippen LogP contribution in [-0.4, -0.2) is 19.6 Å². The zero-order valence-electron chi connectivity index (χ0n) is 8.58. The molecular weight excluding hydrogens is 192 g/mol. The van der Waals surface area contributed by atoms with Crippen LogP contribution in [-0.2, 0) is 12.8 Å². The molecule has 0 saturated carbocycles. The van der Waals surface area contributed by atoms with E-state index in [0.29, 0.717) is 0 Å². The molecule has 0 saturated heterocycles. The smallest absolute Gasteiger partial charge is 0.246 e. The molecule has 0 aliphatic heterocycles.